The highest BCUT2D eigenvalue weighted by atomic mass is 32.2. The topological polar surface area (TPSA) is 73.8 Å². The van der Waals surface area contributed by atoms with E-state index in [2.05, 4.69) is 15.6 Å². The van der Waals surface area contributed by atoms with Crippen LogP contribution in [0.15, 0.2) is 23.2 Å². The van der Waals surface area contributed by atoms with Crippen molar-refractivity contribution < 1.29 is 30.4 Å². The van der Waals surface area contributed by atoms with E-state index < -0.39 is 27.2 Å². The van der Waals surface area contributed by atoms with Crippen molar-refractivity contribution in [3.8, 4) is 0 Å². The molecule has 0 amide bonds. The van der Waals surface area contributed by atoms with Crippen molar-refractivity contribution in [3.05, 3.63) is 35.4 Å². The second-order valence-electron chi connectivity index (χ2n) is 6.70. The van der Waals surface area contributed by atoms with Crippen LogP contribution in [0.4, 0.5) is 22.0 Å². The highest BCUT2D eigenvalue weighted by Gasteiger charge is 2.50. The maximum absolute atomic E-state index is 13.2. The summed E-state index contributed by atoms with van der Waals surface area (Å²) in [7, 11) is -3.74. The van der Waals surface area contributed by atoms with Gasteiger partial charge in [0.05, 0.1) is 0 Å². The number of hydrogen-bond acceptors (Lipinski definition) is 3. The van der Waals surface area contributed by atoms with E-state index in [9.17, 15) is 30.4 Å². The molecule has 0 saturated carbocycles. The number of sulfonamides is 1. The number of piperidine rings is 1. The summed E-state index contributed by atoms with van der Waals surface area (Å²) in [6.45, 7) is 0.399. The molecule has 29 heavy (non-hydrogen) atoms. The standard InChI is InChI=1S/C17H23F5N4O2S/c1-23-16(24-5-2-13-8-14(18)10-15(19)9-13)25-11-12-3-6-26(7-4-12)29(27,28)17(20,21)22/h8-10,12H,2-7,11H2,1H3,(H2,23,24,25). The lowest BCUT2D eigenvalue weighted by atomic mass is 9.98. The van der Waals surface area contributed by atoms with Gasteiger partial charge in [-0.15, -0.1) is 0 Å². The zero-order valence-electron chi connectivity index (χ0n) is 15.8. The van der Waals surface area contributed by atoms with Crippen LogP contribution in [0.3, 0.4) is 0 Å². The molecule has 1 heterocycles. The van der Waals surface area contributed by atoms with Crippen molar-refractivity contribution in [1.82, 2.24) is 14.9 Å². The molecule has 1 aromatic rings. The predicted octanol–water partition coefficient (Wildman–Crippen LogP) is 2.23. The molecule has 1 aromatic carbocycles. The summed E-state index contributed by atoms with van der Waals surface area (Å²) in [6, 6.07) is 3.27. The van der Waals surface area contributed by atoms with Crippen LogP contribution in [0.25, 0.3) is 0 Å². The van der Waals surface area contributed by atoms with Crippen molar-refractivity contribution in [2.75, 3.05) is 33.2 Å². The van der Waals surface area contributed by atoms with Crippen molar-refractivity contribution in [2.24, 2.45) is 10.9 Å². The van der Waals surface area contributed by atoms with Crippen molar-refractivity contribution in [1.29, 1.82) is 0 Å². The Kier molecular flexibility index (Phi) is 7.80. The first-order chi connectivity index (χ1) is 13.5. The van der Waals surface area contributed by atoms with E-state index in [4.69, 9.17) is 0 Å². The van der Waals surface area contributed by atoms with Gasteiger partial charge in [-0.1, -0.05) is 0 Å². The molecule has 0 atom stereocenters. The predicted molar refractivity (Wildman–Crippen MR) is 98.7 cm³/mol. The van der Waals surface area contributed by atoms with Crippen LogP contribution in [-0.4, -0.2) is 57.4 Å². The van der Waals surface area contributed by atoms with Crippen LogP contribution in [0, 0.1) is 17.6 Å². The first-order valence-electron chi connectivity index (χ1n) is 8.99. The molecule has 1 fully saturated rings. The number of guanidine groups is 1. The summed E-state index contributed by atoms with van der Waals surface area (Å²) >= 11 is 0. The number of nitrogens with zero attached hydrogens (tertiary/aromatic N) is 2. The molecule has 0 radical (unpaired) electrons. The third-order valence-electron chi connectivity index (χ3n) is 4.62. The fraction of sp³-hybridized carbons (Fsp3) is 0.588. The molecule has 2 rings (SSSR count). The Morgan fingerprint density at radius 2 is 1.72 bits per heavy atom. The van der Waals surface area contributed by atoms with E-state index in [0.717, 1.165) is 6.07 Å². The molecule has 2 N–H and O–H groups in total. The maximum Gasteiger partial charge on any atom is 0.511 e. The van der Waals surface area contributed by atoms with Gasteiger partial charge in [-0.2, -0.15) is 17.5 Å². The van der Waals surface area contributed by atoms with E-state index >= 15 is 0 Å². The molecule has 164 valence electrons. The van der Waals surface area contributed by atoms with Gasteiger partial charge in [0.1, 0.15) is 11.6 Å². The molecule has 0 unspecified atom stereocenters. The van der Waals surface area contributed by atoms with Crippen LogP contribution >= 0.6 is 0 Å². The molecular weight excluding hydrogens is 419 g/mol. The van der Waals surface area contributed by atoms with Gasteiger partial charge < -0.3 is 10.6 Å². The number of hydrogen-bond donors (Lipinski definition) is 2. The zero-order chi connectivity index (χ0) is 21.7. The van der Waals surface area contributed by atoms with Gasteiger partial charge in [0, 0.05) is 39.3 Å². The number of nitrogens with one attached hydrogen (secondary N) is 2. The van der Waals surface area contributed by atoms with Crippen LogP contribution in [0.5, 0.6) is 0 Å². The lowest BCUT2D eigenvalue weighted by Crippen LogP contribution is -2.47. The number of aliphatic imine (C=N–C) groups is 1. The Morgan fingerprint density at radius 1 is 1.14 bits per heavy atom. The van der Waals surface area contributed by atoms with Gasteiger partial charge >= 0.3 is 15.5 Å². The molecule has 12 heteroatoms. The van der Waals surface area contributed by atoms with Crippen molar-refractivity contribution in [2.45, 2.75) is 24.8 Å². The number of benzene rings is 1. The van der Waals surface area contributed by atoms with Gasteiger partial charge in [-0.05, 0) is 42.9 Å². The Morgan fingerprint density at radius 3 is 2.24 bits per heavy atom. The quantitative estimate of drug-likeness (QED) is 0.403. The van der Waals surface area contributed by atoms with Gasteiger partial charge in [0.15, 0.2) is 5.96 Å². The van der Waals surface area contributed by atoms with Gasteiger partial charge in [-0.25, -0.2) is 17.2 Å². The molecular formula is C17H23F5N4O2S. The highest BCUT2D eigenvalue weighted by molar-refractivity contribution is 7.90. The molecule has 1 aliphatic rings. The lowest BCUT2D eigenvalue weighted by molar-refractivity contribution is -0.0496. The largest absolute Gasteiger partial charge is 0.511 e. The Labute approximate surface area is 166 Å². The SMILES string of the molecule is CN=C(NCCc1cc(F)cc(F)c1)NCC1CCN(S(=O)(=O)C(F)(F)F)CC1. The monoisotopic (exact) mass is 442 g/mol. The minimum Gasteiger partial charge on any atom is -0.356 e. The van der Waals surface area contributed by atoms with Crippen molar-refractivity contribution >= 4 is 16.0 Å². The van der Waals surface area contributed by atoms with E-state index in [1.807, 2.05) is 0 Å². The van der Waals surface area contributed by atoms with Crippen LogP contribution < -0.4 is 10.6 Å². The smallest absolute Gasteiger partial charge is 0.356 e. The van der Waals surface area contributed by atoms with E-state index in [0.29, 0.717) is 48.2 Å². The number of alkyl halides is 3. The van der Waals surface area contributed by atoms with E-state index in [1.54, 1.807) is 0 Å². The van der Waals surface area contributed by atoms with Gasteiger partial charge in [-0.3, -0.25) is 4.99 Å². The van der Waals surface area contributed by atoms with Crippen LogP contribution in [0.2, 0.25) is 0 Å². The molecule has 0 aromatic heterocycles. The number of halogens is 5. The fourth-order valence-electron chi connectivity index (χ4n) is 3.04. The first-order valence-corrected chi connectivity index (χ1v) is 10.4. The average Bonchev–Trinajstić information content (AvgIpc) is 2.63. The first kappa shape index (κ1) is 23.3. The zero-order valence-corrected chi connectivity index (χ0v) is 16.6. The second kappa shape index (κ2) is 9.70. The summed E-state index contributed by atoms with van der Waals surface area (Å²) in [5.74, 6) is -0.875. The summed E-state index contributed by atoms with van der Waals surface area (Å²) < 4.78 is 87.4. The normalized spacial score (nSPS) is 17.4. The molecule has 0 aliphatic carbocycles. The number of rotatable bonds is 6. The Balaban J connectivity index is 1.75. The second-order valence-corrected chi connectivity index (χ2v) is 8.63. The minimum atomic E-state index is -5.28. The fourth-order valence-corrected chi connectivity index (χ4v) is 4.03. The van der Waals surface area contributed by atoms with Gasteiger partial charge in [0.25, 0.3) is 0 Å². The summed E-state index contributed by atoms with van der Waals surface area (Å²) in [5.41, 5.74) is -4.79. The summed E-state index contributed by atoms with van der Waals surface area (Å²) in [4.78, 5) is 4.02. The molecule has 1 saturated heterocycles. The third kappa shape index (κ3) is 6.53. The lowest BCUT2D eigenvalue weighted by Gasteiger charge is -2.31. The van der Waals surface area contributed by atoms with E-state index in [-0.39, 0.29) is 19.0 Å². The molecule has 1 aliphatic heterocycles. The highest BCUT2D eigenvalue weighted by Crippen LogP contribution is 2.30. The molecule has 6 nitrogen and oxygen atoms in total. The van der Waals surface area contributed by atoms with Crippen molar-refractivity contribution in [3.63, 3.8) is 0 Å². The van der Waals surface area contributed by atoms with Gasteiger partial charge in [0.2, 0.25) is 0 Å². The summed E-state index contributed by atoms with van der Waals surface area (Å²) in [6.07, 6.45) is 0.951. The van der Waals surface area contributed by atoms with Crippen LogP contribution in [0.1, 0.15) is 18.4 Å². The molecule has 0 spiro atoms. The average molecular weight is 442 g/mol. The third-order valence-corrected chi connectivity index (χ3v) is 6.25. The summed E-state index contributed by atoms with van der Waals surface area (Å²) in [5, 5.41) is 6.02. The Bertz CT molecular complexity index is 801. The van der Waals surface area contributed by atoms with Crippen LogP contribution in [-0.2, 0) is 16.4 Å². The maximum atomic E-state index is 13.2. The van der Waals surface area contributed by atoms with E-state index in [1.165, 1.54) is 19.2 Å². The molecule has 0 bridgehead atoms. The minimum absolute atomic E-state index is 0.00875. The Hall–Kier alpha value is -1.95.